The van der Waals surface area contributed by atoms with Crippen LogP contribution < -0.4 is 10.6 Å². The van der Waals surface area contributed by atoms with Crippen LogP contribution in [0, 0.1) is 11.3 Å². The van der Waals surface area contributed by atoms with E-state index >= 15 is 0 Å². The van der Waals surface area contributed by atoms with E-state index in [0.29, 0.717) is 15.4 Å². The van der Waals surface area contributed by atoms with E-state index in [1.807, 2.05) is 0 Å². The Labute approximate surface area is 173 Å². The molecule has 0 fully saturated rings. The third-order valence-electron chi connectivity index (χ3n) is 3.41. The van der Waals surface area contributed by atoms with E-state index in [-0.39, 0.29) is 5.56 Å². The zero-order valence-corrected chi connectivity index (χ0v) is 17.1. The third-order valence-corrected chi connectivity index (χ3v) is 4.56. The van der Waals surface area contributed by atoms with Gasteiger partial charge in [-0.1, -0.05) is 36.0 Å². The average Bonchev–Trinajstić information content (AvgIpc) is 2.65. The summed E-state index contributed by atoms with van der Waals surface area (Å²) in [5, 5.41) is 13.9. The highest BCUT2D eigenvalue weighted by atomic mass is 32.2. The summed E-state index contributed by atoms with van der Waals surface area (Å²) in [5.74, 6) is -1.44. The number of ether oxygens (including phenoxy) is 1. The van der Waals surface area contributed by atoms with Gasteiger partial charge in [0.15, 0.2) is 6.61 Å². The van der Waals surface area contributed by atoms with Crippen LogP contribution in [0.2, 0.25) is 0 Å². The van der Waals surface area contributed by atoms with E-state index in [1.54, 1.807) is 69.3 Å². The van der Waals surface area contributed by atoms with E-state index in [2.05, 4.69) is 16.7 Å². The van der Waals surface area contributed by atoms with Crippen LogP contribution >= 0.6 is 11.8 Å². The average molecular weight is 411 g/mol. The minimum Gasteiger partial charge on any atom is -0.452 e. The highest BCUT2D eigenvalue weighted by Gasteiger charge is 2.18. The van der Waals surface area contributed by atoms with Crippen molar-refractivity contribution in [2.75, 3.05) is 6.61 Å². The first kappa shape index (κ1) is 22.0. The normalized spacial score (nSPS) is 10.6. The van der Waals surface area contributed by atoms with Crippen molar-refractivity contribution < 1.29 is 19.1 Å². The summed E-state index contributed by atoms with van der Waals surface area (Å²) in [6.07, 6.45) is 0. The van der Waals surface area contributed by atoms with Gasteiger partial charge in [0.1, 0.15) is 6.07 Å². The van der Waals surface area contributed by atoms with Crippen LogP contribution in [-0.4, -0.2) is 30.1 Å². The first-order valence-corrected chi connectivity index (χ1v) is 9.56. The van der Waals surface area contributed by atoms with Crippen molar-refractivity contribution in [2.24, 2.45) is 0 Å². The number of imide groups is 1. The summed E-state index contributed by atoms with van der Waals surface area (Å²) in [6.45, 7) is 4.73. The zero-order valence-electron chi connectivity index (χ0n) is 16.3. The molecule has 0 radical (unpaired) electrons. The number of amides is 3. The number of carbonyl (C=O) groups excluding carboxylic acids is 3. The standard InChI is InChI=1S/C21H21N3O4S/c1-21(2,3)24-20(27)23-18(25)13-28-19(26)15-9-5-7-11-17(15)29-16-10-6-4-8-14(16)12-22/h4-11H,13H2,1-3H3,(H2,23,24,25,27). The van der Waals surface area contributed by atoms with E-state index in [1.165, 1.54) is 11.8 Å². The van der Waals surface area contributed by atoms with Gasteiger partial charge < -0.3 is 10.1 Å². The Bertz CT molecular complexity index is 961. The van der Waals surface area contributed by atoms with Gasteiger partial charge in [0.25, 0.3) is 5.91 Å². The molecule has 0 aromatic heterocycles. The van der Waals surface area contributed by atoms with Crippen molar-refractivity contribution in [3.05, 3.63) is 59.7 Å². The molecular formula is C21H21N3O4S. The van der Waals surface area contributed by atoms with Gasteiger partial charge in [0.05, 0.1) is 11.1 Å². The second-order valence-electron chi connectivity index (χ2n) is 7.03. The molecule has 2 aromatic carbocycles. The van der Waals surface area contributed by atoms with Gasteiger partial charge in [0.2, 0.25) is 0 Å². The number of nitrogens with one attached hydrogen (secondary N) is 2. The number of hydrogen-bond donors (Lipinski definition) is 2. The molecule has 0 aliphatic heterocycles. The lowest BCUT2D eigenvalue weighted by Crippen LogP contribution is -2.49. The molecule has 0 saturated carbocycles. The summed E-state index contributed by atoms with van der Waals surface area (Å²) in [4.78, 5) is 37.3. The van der Waals surface area contributed by atoms with Gasteiger partial charge >= 0.3 is 12.0 Å². The maximum Gasteiger partial charge on any atom is 0.339 e. The van der Waals surface area contributed by atoms with Crippen molar-refractivity contribution >= 4 is 29.7 Å². The minimum absolute atomic E-state index is 0.261. The predicted octanol–water partition coefficient (Wildman–Crippen LogP) is 3.49. The Kier molecular flexibility index (Phi) is 7.39. The highest BCUT2D eigenvalue weighted by Crippen LogP contribution is 2.32. The predicted molar refractivity (Wildman–Crippen MR) is 108 cm³/mol. The number of rotatable bonds is 5. The Morgan fingerprint density at radius 1 is 1.03 bits per heavy atom. The number of urea groups is 1. The molecule has 0 bridgehead atoms. The molecule has 7 nitrogen and oxygen atoms in total. The molecule has 150 valence electrons. The molecule has 0 spiro atoms. The van der Waals surface area contributed by atoms with Gasteiger partial charge in [-0.25, -0.2) is 9.59 Å². The SMILES string of the molecule is CC(C)(C)NC(=O)NC(=O)COC(=O)c1ccccc1Sc1ccccc1C#N. The number of esters is 1. The maximum absolute atomic E-state index is 12.4. The summed E-state index contributed by atoms with van der Waals surface area (Å²) in [6, 6.07) is 15.2. The van der Waals surface area contributed by atoms with E-state index in [0.717, 1.165) is 0 Å². The van der Waals surface area contributed by atoms with Crippen molar-refractivity contribution in [3.8, 4) is 6.07 Å². The van der Waals surface area contributed by atoms with Crippen LogP contribution in [0.5, 0.6) is 0 Å². The molecule has 3 amide bonds. The molecule has 0 unspecified atom stereocenters. The lowest BCUT2D eigenvalue weighted by Gasteiger charge is -2.20. The summed E-state index contributed by atoms with van der Waals surface area (Å²) < 4.78 is 5.05. The van der Waals surface area contributed by atoms with Crippen LogP contribution in [0.3, 0.4) is 0 Å². The van der Waals surface area contributed by atoms with Crippen molar-refractivity contribution in [1.29, 1.82) is 5.26 Å². The van der Waals surface area contributed by atoms with Gasteiger partial charge in [0, 0.05) is 15.3 Å². The highest BCUT2D eigenvalue weighted by molar-refractivity contribution is 7.99. The number of hydrogen-bond acceptors (Lipinski definition) is 6. The molecule has 8 heteroatoms. The first-order chi connectivity index (χ1) is 13.7. The summed E-state index contributed by atoms with van der Waals surface area (Å²) in [5.41, 5.74) is 0.249. The van der Waals surface area contributed by atoms with Gasteiger partial charge in [-0.15, -0.1) is 0 Å². The van der Waals surface area contributed by atoms with Gasteiger partial charge in [-0.2, -0.15) is 5.26 Å². The Morgan fingerprint density at radius 2 is 1.66 bits per heavy atom. The second-order valence-corrected chi connectivity index (χ2v) is 8.12. The number of nitrogens with zero attached hydrogens (tertiary/aromatic N) is 1. The van der Waals surface area contributed by atoms with Crippen molar-refractivity contribution in [2.45, 2.75) is 36.1 Å². The Morgan fingerprint density at radius 3 is 2.31 bits per heavy atom. The van der Waals surface area contributed by atoms with Crippen molar-refractivity contribution in [1.82, 2.24) is 10.6 Å². The molecule has 2 aromatic rings. The molecule has 0 heterocycles. The molecule has 0 atom stereocenters. The largest absolute Gasteiger partial charge is 0.452 e. The fraction of sp³-hybridized carbons (Fsp3) is 0.238. The quantitative estimate of drug-likeness (QED) is 0.729. The van der Waals surface area contributed by atoms with Gasteiger partial charge in [-0.05, 0) is 45.0 Å². The smallest absolute Gasteiger partial charge is 0.339 e. The molecule has 0 aliphatic rings. The fourth-order valence-corrected chi connectivity index (χ4v) is 3.25. The second kappa shape index (κ2) is 9.75. The third kappa shape index (κ3) is 6.97. The Hall–Kier alpha value is -3.31. The lowest BCUT2D eigenvalue weighted by atomic mass is 10.1. The van der Waals surface area contributed by atoms with Crippen LogP contribution in [0.15, 0.2) is 58.3 Å². The van der Waals surface area contributed by atoms with Crippen LogP contribution in [-0.2, 0) is 9.53 Å². The topological polar surface area (TPSA) is 108 Å². The van der Waals surface area contributed by atoms with Crippen LogP contribution in [0.1, 0.15) is 36.7 Å². The van der Waals surface area contributed by atoms with E-state index in [9.17, 15) is 19.6 Å². The lowest BCUT2D eigenvalue weighted by molar-refractivity contribution is -0.123. The number of nitriles is 1. The molecule has 2 N–H and O–H groups in total. The molecule has 29 heavy (non-hydrogen) atoms. The summed E-state index contributed by atoms with van der Waals surface area (Å²) in [7, 11) is 0. The van der Waals surface area contributed by atoms with E-state index < -0.39 is 30.1 Å². The number of benzene rings is 2. The fourth-order valence-electron chi connectivity index (χ4n) is 2.23. The van der Waals surface area contributed by atoms with Crippen LogP contribution in [0.25, 0.3) is 0 Å². The minimum atomic E-state index is -0.736. The molecule has 0 saturated heterocycles. The van der Waals surface area contributed by atoms with Crippen LogP contribution in [0.4, 0.5) is 4.79 Å². The van der Waals surface area contributed by atoms with E-state index in [4.69, 9.17) is 4.74 Å². The zero-order chi connectivity index (χ0) is 21.4. The Balaban J connectivity index is 2.02. The monoisotopic (exact) mass is 411 g/mol. The van der Waals surface area contributed by atoms with Gasteiger partial charge in [-0.3, -0.25) is 10.1 Å². The number of carbonyl (C=O) groups is 3. The van der Waals surface area contributed by atoms with Crippen molar-refractivity contribution in [3.63, 3.8) is 0 Å². The molecule has 0 aliphatic carbocycles. The maximum atomic E-state index is 12.4. The molecule has 2 rings (SSSR count). The summed E-state index contributed by atoms with van der Waals surface area (Å²) >= 11 is 1.26. The molecular weight excluding hydrogens is 390 g/mol. The first-order valence-electron chi connectivity index (χ1n) is 8.75.